The van der Waals surface area contributed by atoms with Crippen LogP contribution in [0.3, 0.4) is 0 Å². The van der Waals surface area contributed by atoms with Crippen LogP contribution < -0.4 is 5.59 Å². The second kappa shape index (κ2) is 10.8. The van der Waals surface area contributed by atoms with Crippen LogP contribution in [-0.2, 0) is 18.8 Å². The topological polar surface area (TPSA) is 92.1 Å². The average molecular weight is 584 g/mol. The zero-order valence-electron chi connectivity index (χ0n) is 27.9. The van der Waals surface area contributed by atoms with E-state index in [1.807, 2.05) is 69.2 Å². The van der Waals surface area contributed by atoms with Crippen molar-refractivity contribution in [3.05, 3.63) is 23.0 Å². The first kappa shape index (κ1) is 32.3. The number of carbonyl (C=O) groups excluding carboxylic acids is 2. The number of piperidine rings is 1. The van der Waals surface area contributed by atoms with Gasteiger partial charge >= 0.3 is 19.3 Å². The smallest absolute Gasteiger partial charge is 0.444 e. The average Bonchev–Trinajstić information content (AvgIpc) is 3.28. The molecule has 2 fully saturated rings. The van der Waals surface area contributed by atoms with E-state index in [9.17, 15) is 9.59 Å². The fourth-order valence-corrected chi connectivity index (χ4v) is 5.85. The van der Waals surface area contributed by atoms with E-state index in [1.165, 1.54) is 0 Å². The molecule has 0 aromatic carbocycles. The molecule has 2 aromatic heterocycles. The number of likely N-dealkylation sites (tertiary alicyclic amines) is 1. The molecular weight excluding hydrogens is 533 g/mol. The van der Waals surface area contributed by atoms with Gasteiger partial charge in [0.1, 0.15) is 11.2 Å². The number of nitrogens with zero attached hydrogens (tertiary/aromatic N) is 3. The summed E-state index contributed by atoms with van der Waals surface area (Å²) in [5.74, 6) is 0.242. The summed E-state index contributed by atoms with van der Waals surface area (Å²) in [6.45, 7) is 26.8. The molecule has 0 radical (unpaired) electrons. The van der Waals surface area contributed by atoms with Gasteiger partial charge in [-0.25, -0.2) is 9.59 Å². The van der Waals surface area contributed by atoms with Crippen molar-refractivity contribution in [1.82, 2.24) is 14.5 Å². The molecule has 1 amide bonds. The highest BCUT2D eigenvalue weighted by Crippen LogP contribution is 2.40. The number of hydrogen-bond acceptors (Lipinski definition) is 7. The fourth-order valence-electron chi connectivity index (χ4n) is 5.85. The third kappa shape index (κ3) is 6.21. The van der Waals surface area contributed by atoms with E-state index in [0.29, 0.717) is 24.2 Å². The summed E-state index contributed by atoms with van der Waals surface area (Å²) in [5.41, 5.74) is 2.00. The predicted octanol–water partition coefficient (Wildman–Crippen LogP) is 6.67. The molecule has 2 aromatic rings. The maximum atomic E-state index is 13.9. The first-order chi connectivity index (χ1) is 19.1. The Balaban J connectivity index is 1.81. The lowest BCUT2D eigenvalue weighted by Crippen LogP contribution is -2.45. The molecule has 0 spiro atoms. The highest BCUT2D eigenvalue weighted by atomic mass is 16.7. The molecule has 0 bridgehead atoms. The van der Waals surface area contributed by atoms with Crippen LogP contribution in [0.4, 0.5) is 9.59 Å². The number of aryl methyl sites for hydroxylation is 1. The molecule has 2 saturated heterocycles. The number of fused-ring (bicyclic) bond motifs is 1. The fraction of sp³-hybridized carbons (Fsp3) is 0.719. The van der Waals surface area contributed by atoms with E-state index in [-0.39, 0.29) is 17.9 Å². The molecule has 0 N–H and O–H groups in total. The van der Waals surface area contributed by atoms with Gasteiger partial charge in [-0.2, -0.15) is 0 Å². The molecule has 4 rings (SSSR count). The quantitative estimate of drug-likeness (QED) is 0.373. The van der Waals surface area contributed by atoms with Crippen molar-refractivity contribution < 1.29 is 28.4 Å². The van der Waals surface area contributed by atoms with Crippen molar-refractivity contribution >= 4 is 35.8 Å². The van der Waals surface area contributed by atoms with Crippen molar-refractivity contribution in [2.75, 3.05) is 13.1 Å². The molecule has 2 aliphatic rings. The largest absolute Gasteiger partial charge is 0.513 e. The zero-order chi connectivity index (χ0) is 31.6. The minimum absolute atomic E-state index is 0.0631. The van der Waals surface area contributed by atoms with Gasteiger partial charge in [0.15, 0.2) is 0 Å². The van der Waals surface area contributed by atoms with Gasteiger partial charge in [0.25, 0.3) is 0 Å². The lowest BCUT2D eigenvalue weighted by molar-refractivity contribution is 0.00578. The summed E-state index contributed by atoms with van der Waals surface area (Å²) in [4.78, 5) is 33.3. The number of ether oxygens (including phenoxy) is 2. The van der Waals surface area contributed by atoms with Gasteiger partial charge in [-0.3, -0.25) is 9.55 Å². The predicted molar refractivity (Wildman–Crippen MR) is 166 cm³/mol. The summed E-state index contributed by atoms with van der Waals surface area (Å²) in [5, 5.41) is 0.986. The Kier molecular flexibility index (Phi) is 8.35. The lowest BCUT2D eigenvalue weighted by atomic mass is 9.77. The highest BCUT2D eigenvalue weighted by Gasteiger charge is 2.54. The van der Waals surface area contributed by atoms with Gasteiger partial charge in [-0.1, -0.05) is 13.8 Å². The van der Waals surface area contributed by atoms with Crippen molar-refractivity contribution in [2.24, 2.45) is 0 Å². The molecule has 9 nitrogen and oxygen atoms in total. The Morgan fingerprint density at radius 2 is 1.45 bits per heavy atom. The van der Waals surface area contributed by atoms with E-state index in [1.54, 1.807) is 15.7 Å². The van der Waals surface area contributed by atoms with Crippen LogP contribution in [-0.4, -0.2) is 69.2 Å². The number of amides is 1. The summed E-state index contributed by atoms with van der Waals surface area (Å²) in [6, 6.07) is 0. The number of aromatic nitrogens is 2. The molecule has 0 aliphatic carbocycles. The van der Waals surface area contributed by atoms with E-state index < -0.39 is 35.6 Å². The van der Waals surface area contributed by atoms with Crippen molar-refractivity contribution in [2.45, 2.75) is 137 Å². The Morgan fingerprint density at radius 1 is 0.952 bits per heavy atom. The normalized spacial score (nSPS) is 19.6. The summed E-state index contributed by atoms with van der Waals surface area (Å²) >= 11 is 0. The number of rotatable bonds is 3. The molecule has 0 saturated carbocycles. The standard InChI is InChI=1S/C32H50BN3O6/c1-19(2)23-24-20(3)25(21-14-16-35(17-15-21)27(37)39-29(4,5)6)34-18-22(24)36(28(38)40-30(7,8)9)26(23)33-41-31(10,11)32(12,13)42-33/h18-19,21H,14-17H2,1-13H3. The Hall–Kier alpha value is -2.59. The maximum absolute atomic E-state index is 13.9. The first-order valence-corrected chi connectivity index (χ1v) is 15.2. The van der Waals surface area contributed by atoms with Crippen LogP contribution in [0, 0.1) is 6.92 Å². The van der Waals surface area contributed by atoms with Gasteiger partial charge < -0.3 is 23.7 Å². The van der Waals surface area contributed by atoms with Crippen LogP contribution in [0.25, 0.3) is 10.9 Å². The first-order valence-electron chi connectivity index (χ1n) is 15.2. The monoisotopic (exact) mass is 583 g/mol. The molecule has 4 heterocycles. The van der Waals surface area contributed by atoms with Gasteiger partial charge in [-0.05, 0) is 106 Å². The highest BCUT2D eigenvalue weighted by molar-refractivity contribution is 6.63. The van der Waals surface area contributed by atoms with E-state index in [4.69, 9.17) is 23.8 Å². The summed E-state index contributed by atoms with van der Waals surface area (Å²) < 4.78 is 26.2. The molecule has 0 unspecified atom stereocenters. The van der Waals surface area contributed by atoms with Crippen molar-refractivity contribution in [1.29, 1.82) is 0 Å². The molecule has 2 aliphatic heterocycles. The van der Waals surface area contributed by atoms with Crippen LogP contribution in [0.5, 0.6) is 0 Å². The molecule has 0 atom stereocenters. The van der Waals surface area contributed by atoms with Crippen molar-refractivity contribution in [3.63, 3.8) is 0 Å². The van der Waals surface area contributed by atoms with Crippen LogP contribution in [0.1, 0.15) is 125 Å². The third-order valence-corrected chi connectivity index (χ3v) is 8.53. The summed E-state index contributed by atoms with van der Waals surface area (Å²) in [7, 11) is -0.757. The van der Waals surface area contributed by atoms with Gasteiger partial charge in [0.2, 0.25) is 0 Å². The minimum Gasteiger partial charge on any atom is -0.444 e. The third-order valence-electron chi connectivity index (χ3n) is 8.53. The van der Waals surface area contributed by atoms with Gasteiger partial charge in [0, 0.05) is 30.1 Å². The maximum Gasteiger partial charge on any atom is 0.513 e. The zero-order valence-corrected chi connectivity index (χ0v) is 27.9. The van der Waals surface area contributed by atoms with Gasteiger partial charge in [0.05, 0.1) is 28.5 Å². The Bertz CT molecular complexity index is 1340. The second-order valence-corrected chi connectivity index (χ2v) is 15.1. The van der Waals surface area contributed by atoms with E-state index in [2.05, 4.69) is 20.8 Å². The molecule has 232 valence electrons. The van der Waals surface area contributed by atoms with Crippen LogP contribution in [0.15, 0.2) is 6.20 Å². The van der Waals surface area contributed by atoms with Crippen LogP contribution in [0.2, 0.25) is 0 Å². The lowest BCUT2D eigenvalue weighted by Gasteiger charge is -2.33. The Morgan fingerprint density at radius 3 is 1.93 bits per heavy atom. The molecule has 10 heteroatoms. The van der Waals surface area contributed by atoms with Crippen LogP contribution >= 0.6 is 0 Å². The molecular formula is C32H50BN3O6. The number of carbonyl (C=O) groups is 2. The summed E-state index contributed by atoms with van der Waals surface area (Å²) in [6.07, 6.45) is 2.61. The minimum atomic E-state index is -0.757. The van der Waals surface area contributed by atoms with Crippen molar-refractivity contribution in [3.8, 4) is 0 Å². The molecule has 42 heavy (non-hydrogen) atoms. The van der Waals surface area contributed by atoms with E-state index >= 15 is 0 Å². The van der Waals surface area contributed by atoms with E-state index in [0.717, 1.165) is 35.0 Å². The SMILES string of the molecule is Cc1c(C2CCN(C(=O)OC(C)(C)C)CC2)ncc2c1c(C(C)C)c(B1OC(C)(C)C(C)(C)O1)n2C(=O)OC(C)(C)C. The number of pyridine rings is 1. The number of hydrogen-bond donors (Lipinski definition) is 0. The second-order valence-electron chi connectivity index (χ2n) is 15.1. The Labute approximate surface area is 251 Å². The van der Waals surface area contributed by atoms with Gasteiger partial charge in [-0.15, -0.1) is 0 Å².